The van der Waals surface area contributed by atoms with E-state index in [-0.39, 0.29) is 23.4 Å². The van der Waals surface area contributed by atoms with E-state index in [0.29, 0.717) is 6.42 Å². The molecule has 1 saturated heterocycles. The number of hydrogen-bond acceptors (Lipinski definition) is 4. The lowest BCUT2D eigenvalue weighted by Crippen LogP contribution is -2.52. The molecule has 0 radical (unpaired) electrons. The van der Waals surface area contributed by atoms with Crippen molar-refractivity contribution >= 4 is 17.2 Å². The normalized spacial score (nSPS) is 21.4. The quantitative estimate of drug-likeness (QED) is 0.934. The van der Waals surface area contributed by atoms with E-state index in [1.54, 1.807) is 11.3 Å². The molecule has 2 heterocycles. The van der Waals surface area contributed by atoms with Crippen molar-refractivity contribution in [2.45, 2.75) is 70.9 Å². The first-order valence-electron chi connectivity index (χ1n) is 7.79. The second-order valence-corrected chi connectivity index (χ2v) is 7.94. The number of rotatable bonds is 3. The maximum atomic E-state index is 12.6. The number of nitrogens with two attached hydrogens (primary N) is 1. The zero-order chi connectivity index (χ0) is 15.6. The average molecular weight is 309 g/mol. The summed E-state index contributed by atoms with van der Waals surface area (Å²) in [6.45, 7) is 9.27. The molecule has 1 aromatic heterocycles. The molecule has 1 aliphatic rings. The van der Waals surface area contributed by atoms with Crippen LogP contribution in [0.15, 0.2) is 5.38 Å². The number of nitrogens with zero attached hydrogens (tertiary/aromatic N) is 2. The van der Waals surface area contributed by atoms with E-state index in [1.165, 1.54) is 6.42 Å². The van der Waals surface area contributed by atoms with Crippen LogP contribution >= 0.6 is 11.3 Å². The van der Waals surface area contributed by atoms with Crippen molar-refractivity contribution in [3.63, 3.8) is 0 Å². The molecular weight excluding hydrogens is 282 g/mol. The van der Waals surface area contributed by atoms with E-state index >= 15 is 0 Å². The lowest BCUT2D eigenvalue weighted by Gasteiger charge is -2.38. The first-order valence-corrected chi connectivity index (χ1v) is 8.67. The van der Waals surface area contributed by atoms with Gasteiger partial charge in [0.25, 0.3) is 0 Å². The Balaban J connectivity index is 2.05. The summed E-state index contributed by atoms with van der Waals surface area (Å²) in [5, 5.41) is 3.11. The standard InChI is InChI=1S/C16H27N3OS/c1-11(17)13-7-5-6-8-19(13)14(20)9-12-10-21-15(18-12)16(2,3)4/h10-11,13H,5-9,17H2,1-4H3. The molecule has 1 aromatic rings. The van der Waals surface area contributed by atoms with Gasteiger partial charge >= 0.3 is 0 Å². The minimum Gasteiger partial charge on any atom is -0.338 e. The Morgan fingerprint density at radius 1 is 1.52 bits per heavy atom. The fourth-order valence-electron chi connectivity index (χ4n) is 2.80. The van der Waals surface area contributed by atoms with Gasteiger partial charge in [-0.25, -0.2) is 4.98 Å². The molecule has 21 heavy (non-hydrogen) atoms. The maximum Gasteiger partial charge on any atom is 0.228 e. The van der Waals surface area contributed by atoms with Gasteiger partial charge in [0.05, 0.1) is 17.1 Å². The summed E-state index contributed by atoms with van der Waals surface area (Å²) in [4.78, 5) is 19.2. The molecule has 0 spiro atoms. The fraction of sp³-hybridized carbons (Fsp3) is 0.750. The predicted molar refractivity (Wildman–Crippen MR) is 87.5 cm³/mol. The van der Waals surface area contributed by atoms with E-state index in [0.717, 1.165) is 30.1 Å². The van der Waals surface area contributed by atoms with Crippen molar-refractivity contribution < 1.29 is 4.79 Å². The molecule has 2 unspecified atom stereocenters. The van der Waals surface area contributed by atoms with Crippen molar-refractivity contribution in [3.05, 3.63) is 16.1 Å². The second kappa shape index (κ2) is 6.44. The Kier molecular flexibility index (Phi) is 5.04. The van der Waals surface area contributed by atoms with Gasteiger partial charge in [-0.15, -0.1) is 11.3 Å². The molecule has 118 valence electrons. The highest BCUT2D eigenvalue weighted by Crippen LogP contribution is 2.26. The van der Waals surface area contributed by atoms with Gasteiger partial charge in [-0.05, 0) is 26.2 Å². The molecule has 0 aromatic carbocycles. The van der Waals surface area contributed by atoms with Crippen LogP contribution in [-0.2, 0) is 16.6 Å². The van der Waals surface area contributed by atoms with Crippen LogP contribution in [0, 0.1) is 0 Å². The van der Waals surface area contributed by atoms with Crippen LogP contribution in [0.2, 0.25) is 0 Å². The number of thiazole rings is 1. The Hall–Kier alpha value is -0.940. The third-order valence-electron chi connectivity index (χ3n) is 4.00. The third kappa shape index (κ3) is 4.04. The average Bonchev–Trinajstić information content (AvgIpc) is 2.87. The first kappa shape index (κ1) is 16.4. The first-order chi connectivity index (χ1) is 9.79. The van der Waals surface area contributed by atoms with Gasteiger partial charge < -0.3 is 10.6 Å². The van der Waals surface area contributed by atoms with Gasteiger partial charge in [-0.3, -0.25) is 4.79 Å². The summed E-state index contributed by atoms with van der Waals surface area (Å²) in [6, 6.07) is 0.224. The van der Waals surface area contributed by atoms with Crippen LogP contribution in [-0.4, -0.2) is 34.4 Å². The van der Waals surface area contributed by atoms with Crippen LogP contribution in [0.4, 0.5) is 0 Å². The van der Waals surface area contributed by atoms with E-state index in [9.17, 15) is 4.79 Å². The fourth-order valence-corrected chi connectivity index (χ4v) is 3.71. The number of amides is 1. The second-order valence-electron chi connectivity index (χ2n) is 7.08. The van der Waals surface area contributed by atoms with Crippen molar-refractivity contribution in [2.24, 2.45) is 5.73 Å². The lowest BCUT2D eigenvalue weighted by atomic mass is 9.96. The van der Waals surface area contributed by atoms with Crippen LogP contribution in [0.1, 0.15) is 57.7 Å². The number of piperidine rings is 1. The molecule has 2 rings (SSSR count). The van der Waals surface area contributed by atoms with Gasteiger partial charge in [0.2, 0.25) is 5.91 Å². The molecule has 2 N–H and O–H groups in total. The zero-order valence-electron chi connectivity index (χ0n) is 13.6. The van der Waals surface area contributed by atoms with Crippen molar-refractivity contribution in [1.82, 2.24) is 9.88 Å². The molecular formula is C16H27N3OS. The van der Waals surface area contributed by atoms with Crippen LogP contribution < -0.4 is 5.73 Å². The van der Waals surface area contributed by atoms with E-state index in [1.807, 2.05) is 17.2 Å². The number of carbonyl (C=O) groups excluding carboxylic acids is 1. The number of likely N-dealkylation sites (tertiary alicyclic amines) is 1. The van der Waals surface area contributed by atoms with Crippen LogP contribution in [0.3, 0.4) is 0 Å². The minimum absolute atomic E-state index is 0.0369. The monoisotopic (exact) mass is 309 g/mol. The molecule has 0 bridgehead atoms. The smallest absolute Gasteiger partial charge is 0.228 e. The Bertz CT molecular complexity index is 490. The topological polar surface area (TPSA) is 59.2 Å². The summed E-state index contributed by atoms with van der Waals surface area (Å²) in [5.41, 5.74) is 6.98. The molecule has 1 aliphatic heterocycles. The highest BCUT2D eigenvalue weighted by Gasteiger charge is 2.29. The number of aromatic nitrogens is 1. The molecule has 0 saturated carbocycles. The van der Waals surface area contributed by atoms with Crippen molar-refractivity contribution in [1.29, 1.82) is 0 Å². The molecule has 4 nitrogen and oxygen atoms in total. The summed E-state index contributed by atoms with van der Waals surface area (Å²) >= 11 is 1.65. The highest BCUT2D eigenvalue weighted by atomic mass is 32.1. The molecule has 5 heteroatoms. The maximum absolute atomic E-state index is 12.6. The van der Waals surface area contributed by atoms with Gasteiger partial charge in [-0.1, -0.05) is 20.8 Å². The third-order valence-corrected chi connectivity index (χ3v) is 5.32. The van der Waals surface area contributed by atoms with Gasteiger partial charge in [-0.2, -0.15) is 0 Å². The predicted octanol–water partition coefficient (Wildman–Crippen LogP) is 2.71. The zero-order valence-corrected chi connectivity index (χ0v) is 14.4. The molecule has 2 atom stereocenters. The Morgan fingerprint density at radius 2 is 2.24 bits per heavy atom. The summed E-state index contributed by atoms with van der Waals surface area (Å²) in [5.74, 6) is 0.169. The van der Waals surface area contributed by atoms with Crippen molar-refractivity contribution in [3.8, 4) is 0 Å². The number of hydrogen-bond donors (Lipinski definition) is 1. The highest BCUT2D eigenvalue weighted by molar-refractivity contribution is 7.09. The Morgan fingerprint density at radius 3 is 2.81 bits per heavy atom. The summed E-state index contributed by atoms with van der Waals surface area (Å²) in [6.07, 6.45) is 3.67. The SMILES string of the molecule is CC(N)C1CCCCN1C(=O)Cc1csc(C(C)(C)C)n1. The number of carbonyl (C=O) groups is 1. The lowest BCUT2D eigenvalue weighted by molar-refractivity contribution is -0.134. The van der Waals surface area contributed by atoms with Gasteiger partial charge in [0.15, 0.2) is 0 Å². The van der Waals surface area contributed by atoms with E-state index in [4.69, 9.17) is 5.73 Å². The van der Waals surface area contributed by atoms with Crippen LogP contribution in [0.25, 0.3) is 0 Å². The van der Waals surface area contributed by atoms with Crippen molar-refractivity contribution in [2.75, 3.05) is 6.54 Å². The minimum atomic E-state index is 0.0369. The van der Waals surface area contributed by atoms with E-state index < -0.39 is 0 Å². The molecule has 1 amide bonds. The largest absolute Gasteiger partial charge is 0.338 e. The van der Waals surface area contributed by atoms with Gasteiger partial charge in [0.1, 0.15) is 0 Å². The molecule has 0 aliphatic carbocycles. The Labute approximate surface area is 131 Å². The van der Waals surface area contributed by atoms with Gasteiger partial charge in [0, 0.05) is 29.4 Å². The molecule has 1 fully saturated rings. The summed E-state index contributed by atoms with van der Waals surface area (Å²) in [7, 11) is 0. The summed E-state index contributed by atoms with van der Waals surface area (Å²) < 4.78 is 0. The van der Waals surface area contributed by atoms with Crippen LogP contribution in [0.5, 0.6) is 0 Å². The van der Waals surface area contributed by atoms with E-state index in [2.05, 4.69) is 25.8 Å².